The molecule has 0 unspecified atom stereocenters. The molecule has 7 heteroatoms. The maximum Gasteiger partial charge on any atom is 0.223 e. The minimum Gasteiger partial charge on any atom is -0.438 e. The molecule has 3 N–H and O–H groups in total. The number of nitrogens with two attached hydrogens (primary N) is 1. The first-order valence-electron chi connectivity index (χ1n) is 10.3. The minimum atomic E-state index is -0.552. The first-order valence-corrected chi connectivity index (χ1v) is 10.3. The van der Waals surface area contributed by atoms with E-state index in [9.17, 15) is 0 Å². The Morgan fingerprint density at radius 1 is 1.12 bits per heavy atom. The number of hydrogen-bond donors (Lipinski definition) is 2. The summed E-state index contributed by atoms with van der Waals surface area (Å²) < 4.78 is 11.6. The Hall–Kier alpha value is -3.89. The smallest absolute Gasteiger partial charge is 0.223 e. The highest BCUT2D eigenvalue weighted by Crippen LogP contribution is 2.50. The largest absolute Gasteiger partial charge is 0.438 e. The van der Waals surface area contributed by atoms with Crippen LogP contribution in [0.15, 0.2) is 60.8 Å². The number of pyridine rings is 1. The van der Waals surface area contributed by atoms with Gasteiger partial charge in [0, 0.05) is 42.1 Å². The highest BCUT2D eigenvalue weighted by Gasteiger charge is 2.44. The van der Waals surface area contributed by atoms with E-state index in [2.05, 4.69) is 38.4 Å². The van der Waals surface area contributed by atoms with Crippen LogP contribution >= 0.6 is 0 Å². The molecule has 7 nitrogen and oxygen atoms in total. The highest BCUT2D eigenvalue weighted by molar-refractivity contribution is 5.70. The fourth-order valence-corrected chi connectivity index (χ4v) is 4.01. The number of hydrogen-bond acceptors (Lipinski definition) is 7. The number of aromatic nitrogens is 3. The van der Waals surface area contributed by atoms with Crippen molar-refractivity contribution in [2.24, 2.45) is 5.73 Å². The molecule has 0 bridgehead atoms. The van der Waals surface area contributed by atoms with Gasteiger partial charge in [-0.2, -0.15) is 10.2 Å². The van der Waals surface area contributed by atoms with Crippen LogP contribution in [-0.4, -0.2) is 34.4 Å². The molecule has 2 aliphatic heterocycles. The average Bonchev–Trinajstić information content (AvgIpc) is 3.21. The van der Waals surface area contributed by atoms with Gasteiger partial charge in [0.1, 0.15) is 11.4 Å². The number of fused-ring (bicyclic) bond motifs is 4. The van der Waals surface area contributed by atoms with Gasteiger partial charge in [0.05, 0.1) is 23.6 Å². The number of methoxy groups -OCH3 is 1. The predicted molar refractivity (Wildman–Crippen MR) is 121 cm³/mol. The molecule has 0 saturated heterocycles. The molecule has 0 saturated carbocycles. The van der Waals surface area contributed by atoms with E-state index in [-0.39, 0.29) is 0 Å². The van der Waals surface area contributed by atoms with Crippen LogP contribution in [0.4, 0.5) is 0 Å². The van der Waals surface area contributed by atoms with E-state index in [1.165, 1.54) is 0 Å². The molecule has 1 atom stereocenters. The molecule has 2 aromatic heterocycles. The summed E-state index contributed by atoms with van der Waals surface area (Å²) in [7, 11) is 1.65. The lowest BCUT2D eigenvalue weighted by atomic mass is 9.73. The van der Waals surface area contributed by atoms with Crippen molar-refractivity contribution in [2.75, 3.05) is 13.7 Å². The van der Waals surface area contributed by atoms with Crippen LogP contribution in [0.2, 0.25) is 0 Å². The molecule has 2 aliphatic rings. The maximum atomic E-state index is 6.20. The summed E-state index contributed by atoms with van der Waals surface area (Å²) in [5, 5.41) is 11.2. The van der Waals surface area contributed by atoms with E-state index < -0.39 is 11.0 Å². The Kier molecular flexibility index (Phi) is 4.61. The molecule has 5 rings (SSSR count). The monoisotopic (exact) mass is 425 g/mol. The Bertz CT molecular complexity index is 1290. The molecule has 1 spiro atoms. The lowest BCUT2D eigenvalue weighted by molar-refractivity contribution is 0.0742. The van der Waals surface area contributed by atoms with Gasteiger partial charge in [0.25, 0.3) is 0 Å². The van der Waals surface area contributed by atoms with Crippen LogP contribution in [0.5, 0.6) is 11.6 Å². The number of nitrogens with zero attached hydrogens (tertiary/aromatic N) is 3. The average molecular weight is 425 g/mol. The Morgan fingerprint density at radius 2 is 2.00 bits per heavy atom. The molecule has 1 aromatic carbocycles. The van der Waals surface area contributed by atoms with Crippen LogP contribution < -0.4 is 15.8 Å². The standard InChI is InChI=1S/C25H23N5O2/c1-24(2,31-3)8-6-16-10-20-23(27-13-16)32-21-5-4-17(18-7-9-29-30-14-18)11-19(21)25(20)12-22(26)28-15-25/h4-5,7,9-14,28H,15,26H2,1-3H3/t25-/m1/s1. The van der Waals surface area contributed by atoms with E-state index in [4.69, 9.17) is 15.2 Å². The van der Waals surface area contributed by atoms with E-state index in [1.54, 1.807) is 25.7 Å². The SMILES string of the molecule is COC(C)(C)C#Cc1cnc2c(c1)[C@@]1(C=C(N)NC1)c1cc(-c3ccnnc3)ccc1O2. The summed E-state index contributed by atoms with van der Waals surface area (Å²) in [6, 6.07) is 10.1. The Balaban J connectivity index is 1.66. The number of nitrogens with one attached hydrogen (secondary N) is 1. The van der Waals surface area contributed by atoms with Crippen molar-refractivity contribution in [3.05, 3.63) is 77.5 Å². The van der Waals surface area contributed by atoms with Gasteiger partial charge in [-0.3, -0.25) is 0 Å². The van der Waals surface area contributed by atoms with Crippen LogP contribution in [0, 0.1) is 11.8 Å². The third kappa shape index (κ3) is 3.35. The van der Waals surface area contributed by atoms with Gasteiger partial charge in [-0.05, 0) is 49.8 Å². The zero-order valence-corrected chi connectivity index (χ0v) is 18.1. The number of benzene rings is 1. The van der Waals surface area contributed by atoms with E-state index >= 15 is 0 Å². The van der Waals surface area contributed by atoms with Crippen molar-refractivity contribution in [3.63, 3.8) is 0 Å². The van der Waals surface area contributed by atoms with Crippen molar-refractivity contribution in [3.8, 4) is 34.6 Å². The van der Waals surface area contributed by atoms with Crippen LogP contribution in [0.25, 0.3) is 11.1 Å². The molecule has 0 amide bonds. The zero-order chi connectivity index (χ0) is 22.3. The lowest BCUT2D eigenvalue weighted by Crippen LogP contribution is -2.34. The first-order chi connectivity index (χ1) is 15.4. The second-order valence-electron chi connectivity index (χ2n) is 8.41. The van der Waals surface area contributed by atoms with E-state index in [1.807, 2.05) is 44.2 Å². The second kappa shape index (κ2) is 7.36. The lowest BCUT2D eigenvalue weighted by Gasteiger charge is -2.35. The number of rotatable bonds is 2. The van der Waals surface area contributed by atoms with Gasteiger partial charge in [-0.15, -0.1) is 0 Å². The summed E-state index contributed by atoms with van der Waals surface area (Å²) in [4.78, 5) is 4.59. The summed E-state index contributed by atoms with van der Waals surface area (Å²) in [5.74, 6) is 8.26. The Morgan fingerprint density at radius 3 is 2.72 bits per heavy atom. The second-order valence-corrected chi connectivity index (χ2v) is 8.41. The van der Waals surface area contributed by atoms with Crippen LogP contribution in [-0.2, 0) is 10.2 Å². The summed E-state index contributed by atoms with van der Waals surface area (Å²) in [6.07, 6.45) is 7.19. The van der Waals surface area contributed by atoms with Crippen molar-refractivity contribution >= 4 is 0 Å². The molecular formula is C25H23N5O2. The van der Waals surface area contributed by atoms with Crippen molar-refractivity contribution < 1.29 is 9.47 Å². The predicted octanol–water partition coefficient (Wildman–Crippen LogP) is 3.11. The van der Waals surface area contributed by atoms with Crippen LogP contribution in [0.1, 0.15) is 30.5 Å². The van der Waals surface area contributed by atoms with Gasteiger partial charge in [0.15, 0.2) is 0 Å². The molecular weight excluding hydrogens is 402 g/mol. The molecule has 0 fully saturated rings. The summed E-state index contributed by atoms with van der Waals surface area (Å²) in [6.45, 7) is 4.45. The quantitative estimate of drug-likeness (QED) is 0.609. The summed E-state index contributed by atoms with van der Waals surface area (Å²) >= 11 is 0. The minimum absolute atomic E-state index is 0.523. The van der Waals surface area contributed by atoms with Gasteiger partial charge in [-0.1, -0.05) is 17.9 Å². The topological polar surface area (TPSA) is 95.2 Å². The molecule has 160 valence electrons. The van der Waals surface area contributed by atoms with Crippen molar-refractivity contribution in [1.29, 1.82) is 0 Å². The summed E-state index contributed by atoms with van der Waals surface area (Å²) in [5.41, 5.74) is 9.84. The fourth-order valence-electron chi connectivity index (χ4n) is 4.01. The van der Waals surface area contributed by atoms with E-state index in [0.29, 0.717) is 18.2 Å². The van der Waals surface area contributed by atoms with Crippen LogP contribution in [0.3, 0.4) is 0 Å². The third-order valence-electron chi connectivity index (χ3n) is 5.91. The normalized spacial score (nSPS) is 18.5. The van der Waals surface area contributed by atoms with Gasteiger partial charge >= 0.3 is 0 Å². The molecule has 0 radical (unpaired) electrons. The number of ether oxygens (including phenoxy) is 2. The zero-order valence-electron chi connectivity index (χ0n) is 18.1. The van der Waals surface area contributed by atoms with Gasteiger partial charge in [-0.25, -0.2) is 4.98 Å². The fraction of sp³-hybridized carbons (Fsp3) is 0.240. The Labute approximate surface area is 186 Å². The van der Waals surface area contributed by atoms with E-state index in [0.717, 1.165) is 33.6 Å². The van der Waals surface area contributed by atoms with Gasteiger partial charge < -0.3 is 20.5 Å². The molecule has 3 aromatic rings. The van der Waals surface area contributed by atoms with Crippen molar-refractivity contribution in [1.82, 2.24) is 20.5 Å². The van der Waals surface area contributed by atoms with Gasteiger partial charge in [0.2, 0.25) is 5.88 Å². The third-order valence-corrected chi connectivity index (χ3v) is 5.91. The molecule has 32 heavy (non-hydrogen) atoms. The molecule has 4 heterocycles. The molecule has 0 aliphatic carbocycles. The van der Waals surface area contributed by atoms with Crippen molar-refractivity contribution in [2.45, 2.75) is 24.9 Å². The first kappa shape index (κ1) is 20.0. The highest BCUT2D eigenvalue weighted by atomic mass is 16.5. The maximum absolute atomic E-state index is 6.20.